The van der Waals surface area contributed by atoms with Crippen molar-refractivity contribution >= 4 is 11.8 Å². The number of carbonyl (C=O) groups is 1. The Morgan fingerprint density at radius 2 is 1.85 bits per heavy atom. The predicted molar refractivity (Wildman–Crippen MR) is 101 cm³/mol. The van der Waals surface area contributed by atoms with Gasteiger partial charge in [-0.05, 0) is 56.9 Å². The molecule has 2 heterocycles. The summed E-state index contributed by atoms with van der Waals surface area (Å²) in [6.07, 6.45) is 1.43. The van der Waals surface area contributed by atoms with E-state index in [-0.39, 0.29) is 6.09 Å². The first-order valence-electron chi connectivity index (χ1n) is 9.38. The molecule has 2 aliphatic rings. The lowest BCUT2D eigenvalue weighted by atomic mass is 10.0. The number of anilines is 1. The van der Waals surface area contributed by atoms with Crippen LogP contribution in [0, 0.1) is 0 Å². The third-order valence-electron chi connectivity index (χ3n) is 4.76. The number of amides is 1. The number of methoxy groups -OCH3 is 1. The van der Waals surface area contributed by atoms with Crippen molar-refractivity contribution in [3.63, 3.8) is 0 Å². The summed E-state index contributed by atoms with van der Waals surface area (Å²) >= 11 is 0. The SMILES string of the molecule is COCCN1CCOc2cc3c(cc21)CCN(C(=O)OC(C)(C)C)CC3. The summed E-state index contributed by atoms with van der Waals surface area (Å²) in [5.74, 6) is 0.942. The zero-order valence-corrected chi connectivity index (χ0v) is 16.3. The number of nitrogens with zero attached hydrogens (tertiary/aromatic N) is 2. The summed E-state index contributed by atoms with van der Waals surface area (Å²) < 4.78 is 16.7. The molecule has 1 amide bonds. The number of carbonyl (C=O) groups excluding carboxylic acids is 1. The molecule has 0 bridgehead atoms. The first-order valence-corrected chi connectivity index (χ1v) is 9.38. The molecule has 0 N–H and O–H groups in total. The third kappa shape index (κ3) is 4.41. The highest BCUT2D eigenvalue weighted by molar-refractivity contribution is 5.69. The van der Waals surface area contributed by atoms with Gasteiger partial charge in [0.25, 0.3) is 0 Å². The maximum absolute atomic E-state index is 12.4. The number of fused-ring (bicyclic) bond motifs is 2. The van der Waals surface area contributed by atoms with Crippen molar-refractivity contribution in [1.82, 2.24) is 4.90 Å². The topological polar surface area (TPSA) is 51.2 Å². The fourth-order valence-electron chi connectivity index (χ4n) is 3.43. The molecular weight excluding hydrogens is 332 g/mol. The first kappa shape index (κ1) is 18.8. The summed E-state index contributed by atoms with van der Waals surface area (Å²) in [7, 11) is 1.73. The second-order valence-corrected chi connectivity index (χ2v) is 7.88. The molecule has 2 aliphatic heterocycles. The summed E-state index contributed by atoms with van der Waals surface area (Å²) in [5, 5.41) is 0. The molecule has 0 unspecified atom stereocenters. The van der Waals surface area contributed by atoms with Gasteiger partial charge < -0.3 is 24.0 Å². The van der Waals surface area contributed by atoms with Crippen LogP contribution in [0.1, 0.15) is 31.9 Å². The molecule has 6 nitrogen and oxygen atoms in total. The molecule has 0 spiro atoms. The second-order valence-electron chi connectivity index (χ2n) is 7.88. The van der Waals surface area contributed by atoms with Gasteiger partial charge >= 0.3 is 6.09 Å². The Balaban J connectivity index is 1.75. The van der Waals surface area contributed by atoms with Crippen molar-refractivity contribution in [2.75, 3.05) is 51.4 Å². The molecule has 0 fully saturated rings. The number of hydrogen-bond donors (Lipinski definition) is 0. The van der Waals surface area contributed by atoms with E-state index in [0.29, 0.717) is 26.3 Å². The van der Waals surface area contributed by atoms with E-state index >= 15 is 0 Å². The van der Waals surface area contributed by atoms with Crippen LogP contribution < -0.4 is 9.64 Å². The third-order valence-corrected chi connectivity index (χ3v) is 4.76. The predicted octanol–water partition coefficient (Wildman–Crippen LogP) is 2.87. The van der Waals surface area contributed by atoms with Crippen molar-refractivity contribution in [1.29, 1.82) is 0 Å². The number of benzene rings is 1. The van der Waals surface area contributed by atoms with Gasteiger partial charge in [-0.2, -0.15) is 0 Å². The average Bonchev–Trinajstić information content (AvgIpc) is 2.78. The molecule has 0 saturated carbocycles. The Hall–Kier alpha value is -1.95. The van der Waals surface area contributed by atoms with Crippen LogP contribution in [0.4, 0.5) is 10.5 Å². The van der Waals surface area contributed by atoms with Crippen molar-refractivity contribution in [3.8, 4) is 5.75 Å². The van der Waals surface area contributed by atoms with Gasteiger partial charge in [0.05, 0.1) is 18.8 Å². The Morgan fingerprint density at radius 3 is 2.50 bits per heavy atom. The van der Waals surface area contributed by atoms with Crippen molar-refractivity contribution < 1.29 is 19.0 Å². The van der Waals surface area contributed by atoms with Crippen LogP contribution in [-0.2, 0) is 22.3 Å². The molecule has 144 valence electrons. The standard InChI is InChI=1S/C20H30N2O4/c1-20(2,3)26-19(23)22-7-5-15-13-17-18(14-16(15)6-8-22)25-12-10-21(17)9-11-24-4/h13-14H,5-12H2,1-4H3. The van der Waals surface area contributed by atoms with Gasteiger partial charge in [-0.25, -0.2) is 4.79 Å². The molecule has 6 heteroatoms. The summed E-state index contributed by atoms with van der Waals surface area (Å²) in [5.41, 5.74) is 3.23. The fraction of sp³-hybridized carbons (Fsp3) is 0.650. The molecule has 1 aromatic rings. The van der Waals surface area contributed by atoms with E-state index in [4.69, 9.17) is 14.2 Å². The maximum Gasteiger partial charge on any atom is 0.410 e. The molecule has 3 rings (SSSR count). The second kappa shape index (κ2) is 7.74. The van der Waals surface area contributed by atoms with Crippen LogP contribution in [0.2, 0.25) is 0 Å². The molecule has 0 saturated heterocycles. The molecule has 0 aromatic heterocycles. The van der Waals surface area contributed by atoms with E-state index in [1.165, 1.54) is 11.1 Å². The fourth-order valence-corrected chi connectivity index (χ4v) is 3.43. The van der Waals surface area contributed by atoms with E-state index in [1.54, 1.807) is 7.11 Å². The van der Waals surface area contributed by atoms with Gasteiger partial charge in [-0.1, -0.05) is 0 Å². The van der Waals surface area contributed by atoms with Crippen LogP contribution in [0.15, 0.2) is 12.1 Å². The Labute approximate surface area is 156 Å². The van der Waals surface area contributed by atoms with Gasteiger partial charge in [0.1, 0.15) is 18.0 Å². The van der Waals surface area contributed by atoms with Crippen LogP contribution in [-0.4, -0.2) is 63.1 Å². The molecular formula is C20H30N2O4. The summed E-state index contributed by atoms with van der Waals surface area (Å²) in [6, 6.07) is 4.39. The van der Waals surface area contributed by atoms with Gasteiger partial charge in [0.15, 0.2) is 0 Å². The van der Waals surface area contributed by atoms with E-state index < -0.39 is 5.60 Å². The first-order chi connectivity index (χ1) is 12.4. The smallest absolute Gasteiger partial charge is 0.410 e. The lowest BCUT2D eigenvalue weighted by Gasteiger charge is -2.32. The minimum atomic E-state index is -0.467. The summed E-state index contributed by atoms with van der Waals surface area (Å²) in [4.78, 5) is 16.5. The van der Waals surface area contributed by atoms with Crippen molar-refractivity contribution in [3.05, 3.63) is 23.3 Å². The highest BCUT2D eigenvalue weighted by atomic mass is 16.6. The quantitative estimate of drug-likeness (QED) is 0.828. The van der Waals surface area contributed by atoms with E-state index in [2.05, 4.69) is 17.0 Å². The maximum atomic E-state index is 12.4. The zero-order valence-electron chi connectivity index (χ0n) is 16.3. The highest BCUT2D eigenvalue weighted by Crippen LogP contribution is 2.35. The number of ether oxygens (including phenoxy) is 3. The molecule has 26 heavy (non-hydrogen) atoms. The van der Waals surface area contributed by atoms with Gasteiger partial charge in [-0.15, -0.1) is 0 Å². The average molecular weight is 362 g/mol. The molecule has 0 radical (unpaired) electrons. The van der Waals surface area contributed by atoms with Gasteiger partial charge in [-0.3, -0.25) is 0 Å². The lowest BCUT2D eigenvalue weighted by Crippen LogP contribution is -2.38. The van der Waals surface area contributed by atoms with Crippen LogP contribution >= 0.6 is 0 Å². The van der Waals surface area contributed by atoms with Gasteiger partial charge in [0, 0.05) is 26.7 Å². The number of hydrogen-bond acceptors (Lipinski definition) is 5. The molecule has 0 atom stereocenters. The largest absolute Gasteiger partial charge is 0.490 e. The van der Waals surface area contributed by atoms with Crippen molar-refractivity contribution in [2.45, 2.75) is 39.2 Å². The monoisotopic (exact) mass is 362 g/mol. The molecule has 1 aromatic carbocycles. The van der Waals surface area contributed by atoms with Crippen LogP contribution in [0.3, 0.4) is 0 Å². The van der Waals surface area contributed by atoms with Crippen molar-refractivity contribution in [2.24, 2.45) is 0 Å². The summed E-state index contributed by atoms with van der Waals surface area (Å²) in [6.45, 7) is 10.2. The van der Waals surface area contributed by atoms with Crippen LogP contribution in [0.25, 0.3) is 0 Å². The minimum Gasteiger partial charge on any atom is -0.490 e. The Morgan fingerprint density at radius 1 is 1.15 bits per heavy atom. The molecule has 0 aliphatic carbocycles. The normalized spacial score (nSPS) is 17.1. The minimum absolute atomic E-state index is 0.229. The Bertz CT molecular complexity index is 654. The van der Waals surface area contributed by atoms with E-state index in [0.717, 1.165) is 37.4 Å². The number of rotatable bonds is 3. The Kier molecular flexibility index (Phi) is 5.61. The highest BCUT2D eigenvalue weighted by Gasteiger charge is 2.26. The van der Waals surface area contributed by atoms with Gasteiger partial charge in [0.2, 0.25) is 0 Å². The van der Waals surface area contributed by atoms with Crippen LogP contribution in [0.5, 0.6) is 5.75 Å². The lowest BCUT2D eigenvalue weighted by molar-refractivity contribution is 0.0258. The van der Waals surface area contributed by atoms with E-state index in [9.17, 15) is 4.79 Å². The van der Waals surface area contributed by atoms with E-state index in [1.807, 2.05) is 25.7 Å². The zero-order chi connectivity index (χ0) is 18.7.